The topological polar surface area (TPSA) is 118 Å². The summed E-state index contributed by atoms with van der Waals surface area (Å²) in [6.07, 6.45) is 0.851. The zero-order chi connectivity index (χ0) is 25.2. The zero-order valence-corrected chi connectivity index (χ0v) is 20.2. The van der Waals surface area contributed by atoms with Gasteiger partial charge in [-0.15, -0.1) is 5.10 Å². The number of nitrogens with zero attached hydrogens (tertiary/aromatic N) is 5. The molecule has 4 aromatic rings. The van der Waals surface area contributed by atoms with Crippen LogP contribution in [0, 0.1) is 0 Å². The van der Waals surface area contributed by atoms with Crippen LogP contribution in [0.4, 0.5) is 17.5 Å². The van der Waals surface area contributed by atoms with E-state index in [-0.39, 0.29) is 18.0 Å². The van der Waals surface area contributed by atoms with Gasteiger partial charge in [0, 0.05) is 30.4 Å². The molecule has 2 atom stereocenters. The number of anilines is 3. The van der Waals surface area contributed by atoms with E-state index in [1.807, 2.05) is 73.7 Å². The molecule has 1 amide bonds. The molecule has 6 rings (SSSR count). The Labute approximate surface area is 213 Å². The largest absolute Gasteiger partial charge is 0.403 e. The number of para-hydroxylation sites is 1. The fourth-order valence-electron chi connectivity index (χ4n) is 4.51. The SMILES string of the molecule is CC1CN(c2ncccc2-c2nnc(NC3N=C(c4ccccc4)c4ccccc4NC3=O)o2)CCO1. The molecule has 2 aliphatic heterocycles. The van der Waals surface area contributed by atoms with E-state index in [1.54, 1.807) is 6.20 Å². The maximum absolute atomic E-state index is 13.1. The number of hydrogen-bond donors (Lipinski definition) is 2. The van der Waals surface area contributed by atoms with Gasteiger partial charge in [-0.1, -0.05) is 53.6 Å². The summed E-state index contributed by atoms with van der Waals surface area (Å²) in [4.78, 5) is 24.6. The number of ether oxygens (including phenoxy) is 1. The first-order valence-corrected chi connectivity index (χ1v) is 12.1. The first-order valence-electron chi connectivity index (χ1n) is 12.1. The number of benzene rings is 2. The number of benzodiazepines with no additional fused rings is 1. The van der Waals surface area contributed by atoms with E-state index >= 15 is 0 Å². The van der Waals surface area contributed by atoms with E-state index in [2.05, 4.69) is 30.7 Å². The molecule has 4 heterocycles. The smallest absolute Gasteiger partial charge is 0.317 e. The maximum Gasteiger partial charge on any atom is 0.317 e. The summed E-state index contributed by atoms with van der Waals surface area (Å²) in [6.45, 7) is 4.08. The summed E-state index contributed by atoms with van der Waals surface area (Å²) in [5.74, 6) is 0.719. The van der Waals surface area contributed by atoms with Gasteiger partial charge in [-0.05, 0) is 25.1 Å². The number of pyridine rings is 1. The highest BCUT2D eigenvalue weighted by atomic mass is 16.5. The van der Waals surface area contributed by atoms with Crippen molar-refractivity contribution >= 4 is 29.1 Å². The molecule has 1 fully saturated rings. The zero-order valence-electron chi connectivity index (χ0n) is 20.2. The van der Waals surface area contributed by atoms with Crippen molar-refractivity contribution < 1.29 is 13.9 Å². The first kappa shape index (κ1) is 22.9. The predicted octanol–water partition coefficient (Wildman–Crippen LogP) is 3.58. The van der Waals surface area contributed by atoms with E-state index in [4.69, 9.17) is 14.1 Å². The number of rotatable bonds is 5. The molecular weight excluding hydrogens is 470 g/mol. The molecule has 2 aliphatic rings. The molecular formula is C27H25N7O3. The number of nitrogens with one attached hydrogen (secondary N) is 2. The third-order valence-corrected chi connectivity index (χ3v) is 6.24. The summed E-state index contributed by atoms with van der Waals surface area (Å²) in [5.41, 5.74) is 3.80. The molecule has 0 bridgehead atoms. The number of aromatic nitrogens is 3. The monoisotopic (exact) mass is 495 g/mol. The highest BCUT2D eigenvalue weighted by molar-refractivity contribution is 6.19. The van der Waals surface area contributed by atoms with Crippen LogP contribution in [0.2, 0.25) is 0 Å². The van der Waals surface area contributed by atoms with Gasteiger partial charge in [-0.2, -0.15) is 0 Å². The number of morpholine rings is 1. The quantitative estimate of drug-likeness (QED) is 0.431. The van der Waals surface area contributed by atoms with Crippen LogP contribution in [0.5, 0.6) is 0 Å². The fraction of sp³-hybridized carbons (Fsp3) is 0.222. The summed E-state index contributed by atoms with van der Waals surface area (Å²) < 4.78 is 11.6. The maximum atomic E-state index is 13.1. The lowest BCUT2D eigenvalue weighted by Gasteiger charge is -2.32. The van der Waals surface area contributed by atoms with Gasteiger partial charge in [0.15, 0.2) is 0 Å². The Balaban J connectivity index is 1.31. The van der Waals surface area contributed by atoms with Gasteiger partial charge in [0.05, 0.1) is 29.7 Å². The van der Waals surface area contributed by atoms with Crippen molar-refractivity contribution in [2.45, 2.75) is 19.2 Å². The molecule has 1 saturated heterocycles. The second kappa shape index (κ2) is 9.82. The summed E-state index contributed by atoms with van der Waals surface area (Å²) in [6, 6.07) is 21.1. The molecule has 186 valence electrons. The lowest BCUT2D eigenvalue weighted by Crippen LogP contribution is -2.41. The Morgan fingerprint density at radius 3 is 2.68 bits per heavy atom. The lowest BCUT2D eigenvalue weighted by atomic mass is 10.0. The highest BCUT2D eigenvalue weighted by Crippen LogP contribution is 2.30. The van der Waals surface area contributed by atoms with Crippen LogP contribution >= 0.6 is 0 Å². The number of aliphatic imine (C=N–C) groups is 1. The van der Waals surface area contributed by atoms with Crippen molar-refractivity contribution in [3.8, 4) is 11.5 Å². The van der Waals surface area contributed by atoms with Crippen molar-refractivity contribution in [3.63, 3.8) is 0 Å². The molecule has 10 nitrogen and oxygen atoms in total. The fourth-order valence-corrected chi connectivity index (χ4v) is 4.51. The molecule has 37 heavy (non-hydrogen) atoms. The van der Waals surface area contributed by atoms with Gasteiger partial charge in [0.2, 0.25) is 6.17 Å². The summed E-state index contributed by atoms with van der Waals surface area (Å²) in [5, 5.41) is 14.3. The Hall–Kier alpha value is -4.57. The van der Waals surface area contributed by atoms with Crippen molar-refractivity contribution in [2.24, 2.45) is 4.99 Å². The number of carbonyl (C=O) groups is 1. The molecule has 2 aromatic heterocycles. The van der Waals surface area contributed by atoms with Gasteiger partial charge >= 0.3 is 6.01 Å². The molecule has 0 saturated carbocycles. The Kier molecular flexibility index (Phi) is 6.07. The second-order valence-corrected chi connectivity index (χ2v) is 8.84. The average molecular weight is 496 g/mol. The minimum Gasteiger partial charge on any atom is -0.403 e. The van der Waals surface area contributed by atoms with Crippen molar-refractivity contribution in [1.29, 1.82) is 0 Å². The minimum atomic E-state index is -0.982. The number of carbonyl (C=O) groups excluding carboxylic acids is 1. The van der Waals surface area contributed by atoms with E-state index in [9.17, 15) is 4.79 Å². The average Bonchev–Trinajstić information content (AvgIpc) is 3.35. The van der Waals surface area contributed by atoms with E-state index in [1.165, 1.54) is 0 Å². The molecule has 0 radical (unpaired) electrons. The summed E-state index contributed by atoms with van der Waals surface area (Å²) in [7, 11) is 0. The van der Waals surface area contributed by atoms with Crippen molar-refractivity contribution in [2.75, 3.05) is 35.2 Å². The van der Waals surface area contributed by atoms with Crippen LogP contribution in [-0.2, 0) is 9.53 Å². The molecule has 2 unspecified atom stereocenters. The number of fused-ring (bicyclic) bond motifs is 1. The van der Waals surface area contributed by atoms with Crippen LogP contribution in [0.25, 0.3) is 11.5 Å². The Bertz CT molecular complexity index is 1450. The van der Waals surface area contributed by atoms with Gasteiger partial charge in [0.25, 0.3) is 11.8 Å². The predicted molar refractivity (Wildman–Crippen MR) is 140 cm³/mol. The number of hydrogen-bond acceptors (Lipinski definition) is 9. The first-order chi connectivity index (χ1) is 18.2. The summed E-state index contributed by atoms with van der Waals surface area (Å²) >= 11 is 0. The van der Waals surface area contributed by atoms with Gasteiger partial charge in [0.1, 0.15) is 5.82 Å². The second-order valence-electron chi connectivity index (χ2n) is 8.84. The van der Waals surface area contributed by atoms with Crippen molar-refractivity contribution in [3.05, 3.63) is 84.1 Å². The molecule has 0 spiro atoms. The van der Waals surface area contributed by atoms with Crippen LogP contribution in [0.15, 0.2) is 82.3 Å². The van der Waals surface area contributed by atoms with E-state index in [0.717, 1.165) is 16.9 Å². The Morgan fingerprint density at radius 1 is 1.00 bits per heavy atom. The lowest BCUT2D eigenvalue weighted by molar-refractivity contribution is -0.116. The Morgan fingerprint density at radius 2 is 1.81 bits per heavy atom. The van der Waals surface area contributed by atoms with E-state index < -0.39 is 6.17 Å². The van der Waals surface area contributed by atoms with Gasteiger partial charge in [-0.25, -0.2) is 9.98 Å². The van der Waals surface area contributed by atoms with Crippen molar-refractivity contribution in [1.82, 2.24) is 15.2 Å². The van der Waals surface area contributed by atoms with Gasteiger partial charge < -0.3 is 24.7 Å². The third-order valence-electron chi connectivity index (χ3n) is 6.24. The molecule has 2 N–H and O–H groups in total. The molecule has 10 heteroatoms. The van der Waals surface area contributed by atoms with Crippen LogP contribution < -0.4 is 15.5 Å². The normalized spacial score (nSPS) is 19.4. The third kappa shape index (κ3) is 4.66. The number of amides is 1. The van der Waals surface area contributed by atoms with Crippen LogP contribution in [-0.4, -0.2) is 58.8 Å². The molecule has 0 aliphatic carbocycles. The van der Waals surface area contributed by atoms with Gasteiger partial charge in [-0.3, -0.25) is 4.79 Å². The van der Waals surface area contributed by atoms with Crippen LogP contribution in [0.1, 0.15) is 18.1 Å². The van der Waals surface area contributed by atoms with Crippen LogP contribution in [0.3, 0.4) is 0 Å². The van der Waals surface area contributed by atoms with E-state index in [0.29, 0.717) is 42.5 Å². The highest BCUT2D eigenvalue weighted by Gasteiger charge is 2.28. The standard InChI is InChI=1S/C27H25N7O3/c1-17-16-34(14-15-36-17)24-20(11-7-13-28-24)26-32-33-27(37-26)31-23-25(35)29-21-12-6-5-10-19(21)22(30-23)18-8-3-2-4-9-18/h2-13,17,23H,14-16H2,1H3,(H,29,35)(H,31,33). The minimum absolute atomic E-state index is 0.0856. The molecule has 2 aromatic carbocycles.